The number of rotatable bonds is 9. The van der Waals surface area contributed by atoms with Gasteiger partial charge in [-0.15, -0.1) is 0 Å². The molecule has 1 aliphatic rings. The Bertz CT molecular complexity index is 2290. The summed E-state index contributed by atoms with van der Waals surface area (Å²) in [6, 6.07) is 22.9. The summed E-state index contributed by atoms with van der Waals surface area (Å²) in [5.41, 5.74) is 11.5. The van der Waals surface area contributed by atoms with Crippen LogP contribution in [0.4, 0.5) is 16.0 Å². The van der Waals surface area contributed by atoms with E-state index in [2.05, 4.69) is 54.4 Å². The minimum absolute atomic E-state index is 0.0970. The summed E-state index contributed by atoms with van der Waals surface area (Å²) < 4.78 is 15.5. The fourth-order valence-electron chi connectivity index (χ4n) is 5.84. The number of nitrogens with two attached hydrogens (primary N) is 1. The molecule has 6 heterocycles. The van der Waals surface area contributed by atoms with Crippen molar-refractivity contribution in [3.8, 4) is 34.5 Å². The number of hydrogen-bond acceptors (Lipinski definition) is 12. The first-order valence-electron chi connectivity index (χ1n) is 16.9. The van der Waals surface area contributed by atoms with Crippen molar-refractivity contribution in [2.45, 2.75) is 39.3 Å². The number of carbonyl (C=O) groups excluding carboxylic acids is 2. The standard InChI is InChI=1S/C33H28FN11.C6H8O2/c34-22-5-8-26(39-19-22)27-9-10-28-33(41-27)45(32(42-28)25-2-1-14-38-31(25)36)24-6-3-21(4-7-24)20-44-16-12-23(13-17-44)40-29-11-15-37-30(18-35)43-29;1-5(7)3-4-6(2)8/h1-11,14-15,19,23H,12-13,16-17,20H2,(H2,36,38)(H,37,40,43);3-4H,1-2H3/b;4-3-. The van der Waals surface area contributed by atoms with Gasteiger partial charge in [-0.05, 0) is 99.0 Å². The lowest BCUT2D eigenvalue weighted by molar-refractivity contribution is -0.114. The highest BCUT2D eigenvalue weighted by atomic mass is 19.1. The van der Waals surface area contributed by atoms with Gasteiger partial charge >= 0.3 is 0 Å². The second-order valence-electron chi connectivity index (χ2n) is 12.4. The largest absolute Gasteiger partial charge is 0.383 e. The number of pyridine rings is 3. The van der Waals surface area contributed by atoms with Crippen molar-refractivity contribution in [3.05, 3.63) is 115 Å². The molecule has 53 heavy (non-hydrogen) atoms. The zero-order valence-electron chi connectivity index (χ0n) is 29.1. The van der Waals surface area contributed by atoms with Gasteiger partial charge in [0.1, 0.15) is 29.0 Å². The van der Waals surface area contributed by atoms with Crippen LogP contribution in [0.5, 0.6) is 0 Å². The van der Waals surface area contributed by atoms with Crippen molar-refractivity contribution in [1.29, 1.82) is 5.26 Å². The molecule has 0 spiro atoms. The molecule has 0 unspecified atom stereocenters. The molecule has 266 valence electrons. The molecule has 0 saturated carbocycles. The predicted molar refractivity (Wildman–Crippen MR) is 199 cm³/mol. The van der Waals surface area contributed by atoms with Crippen molar-refractivity contribution in [3.63, 3.8) is 0 Å². The lowest BCUT2D eigenvalue weighted by atomic mass is 10.0. The summed E-state index contributed by atoms with van der Waals surface area (Å²) in [6.07, 6.45) is 8.88. The molecule has 7 rings (SSSR count). The Morgan fingerprint density at radius 1 is 0.906 bits per heavy atom. The number of nitrogens with one attached hydrogen (secondary N) is 1. The van der Waals surface area contributed by atoms with E-state index in [1.165, 1.54) is 43.8 Å². The molecule has 14 heteroatoms. The third-order valence-corrected chi connectivity index (χ3v) is 8.42. The van der Waals surface area contributed by atoms with Crippen LogP contribution in [0, 0.1) is 17.1 Å². The maximum Gasteiger partial charge on any atom is 0.234 e. The Hall–Kier alpha value is -6.72. The van der Waals surface area contributed by atoms with E-state index in [1.54, 1.807) is 24.5 Å². The Balaban J connectivity index is 0.000000541. The van der Waals surface area contributed by atoms with Crippen LogP contribution in [0.2, 0.25) is 0 Å². The van der Waals surface area contributed by atoms with Crippen LogP contribution in [-0.4, -0.2) is 70.1 Å². The molecule has 0 atom stereocenters. The Kier molecular flexibility index (Phi) is 11.3. The summed E-state index contributed by atoms with van der Waals surface area (Å²) >= 11 is 0. The predicted octanol–water partition coefficient (Wildman–Crippen LogP) is 5.72. The van der Waals surface area contributed by atoms with E-state index in [4.69, 9.17) is 21.0 Å². The molecule has 6 aromatic rings. The van der Waals surface area contributed by atoms with Crippen molar-refractivity contribution < 1.29 is 14.0 Å². The van der Waals surface area contributed by atoms with Crippen LogP contribution in [0.3, 0.4) is 0 Å². The molecule has 1 aromatic carbocycles. The number of imidazole rings is 1. The molecule has 3 N–H and O–H groups in total. The topological polar surface area (TPSA) is 181 Å². The van der Waals surface area contributed by atoms with Crippen molar-refractivity contribution in [2.75, 3.05) is 24.1 Å². The fraction of sp³-hybridized carbons (Fsp3) is 0.205. The number of fused-ring (bicyclic) bond motifs is 1. The van der Waals surface area contributed by atoms with Crippen molar-refractivity contribution >= 4 is 34.4 Å². The van der Waals surface area contributed by atoms with Crippen molar-refractivity contribution in [1.82, 2.24) is 39.4 Å². The van der Waals surface area contributed by atoms with E-state index < -0.39 is 5.82 Å². The molecular formula is C39H36FN11O2. The first kappa shape index (κ1) is 36.1. The normalized spacial score (nSPS) is 13.3. The maximum absolute atomic E-state index is 13.5. The lowest BCUT2D eigenvalue weighted by Gasteiger charge is -2.32. The number of likely N-dealkylation sites (tertiary alicyclic amines) is 1. The lowest BCUT2D eigenvalue weighted by Crippen LogP contribution is -2.38. The van der Waals surface area contributed by atoms with Gasteiger partial charge in [0.15, 0.2) is 23.0 Å². The number of hydrogen-bond donors (Lipinski definition) is 2. The van der Waals surface area contributed by atoms with Crippen LogP contribution in [0.15, 0.2) is 97.5 Å². The van der Waals surface area contributed by atoms with Crippen LogP contribution in [0.25, 0.3) is 39.6 Å². The van der Waals surface area contributed by atoms with E-state index in [1.807, 2.05) is 34.9 Å². The number of carbonyl (C=O) groups is 2. The smallest absolute Gasteiger partial charge is 0.234 e. The number of aromatic nitrogens is 7. The van der Waals surface area contributed by atoms with Gasteiger partial charge in [0.05, 0.1) is 23.1 Å². The van der Waals surface area contributed by atoms with Gasteiger partial charge in [0, 0.05) is 43.8 Å². The molecule has 5 aromatic heterocycles. The summed E-state index contributed by atoms with van der Waals surface area (Å²) in [5.74, 6) is 1.25. The molecule has 13 nitrogen and oxygen atoms in total. The highest BCUT2D eigenvalue weighted by Gasteiger charge is 2.21. The van der Waals surface area contributed by atoms with Crippen molar-refractivity contribution in [2.24, 2.45) is 0 Å². The number of anilines is 2. The summed E-state index contributed by atoms with van der Waals surface area (Å²) in [4.78, 5) is 49.1. The number of nitriles is 1. The van der Waals surface area contributed by atoms with E-state index in [-0.39, 0.29) is 17.4 Å². The average Bonchev–Trinajstić information content (AvgIpc) is 3.54. The number of nitrogens with zero attached hydrogens (tertiary/aromatic N) is 9. The van der Waals surface area contributed by atoms with Gasteiger partial charge in [0.25, 0.3) is 0 Å². The SMILES string of the molecule is CC(=O)/C=C\C(C)=O.N#Cc1nccc(NC2CCN(Cc3ccc(-n4c(-c5cccnc5N)nc5ccc(-c6ccc(F)cn6)nc54)cc3)CC2)n1. The van der Waals surface area contributed by atoms with E-state index >= 15 is 0 Å². The number of nitrogen functional groups attached to an aromatic ring is 1. The van der Waals surface area contributed by atoms with Gasteiger partial charge in [-0.1, -0.05) is 12.1 Å². The Morgan fingerprint density at radius 3 is 2.30 bits per heavy atom. The summed E-state index contributed by atoms with van der Waals surface area (Å²) in [7, 11) is 0. The highest BCUT2D eigenvalue weighted by Crippen LogP contribution is 2.32. The van der Waals surface area contributed by atoms with Crippen LogP contribution in [0.1, 0.15) is 38.1 Å². The molecule has 0 aliphatic carbocycles. The molecule has 1 saturated heterocycles. The molecule has 1 fully saturated rings. The number of halogens is 1. The Labute approximate surface area is 305 Å². The van der Waals surface area contributed by atoms with Gasteiger partial charge in [-0.25, -0.2) is 29.3 Å². The van der Waals surface area contributed by atoms with Crippen LogP contribution < -0.4 is 11.1 Å². The highest BCUT2D eigenvalue weighted by molar-refractivity contribution is 5.96. The second kappa shape index (κ2) is 16.5. The zero-order valence-corrected chi connectivity index (χ0v) is 29.1. The summed E-state index contributed by atoms with van der Waals surface area (Å²) in [6.45, 7) is 5.51. The zero-order chi connectivity index (χ0) is 37.3. The first-order valence-corrected chi connectivity index (χ1v) is 16.9. The Morgan fingerprint density at radius 2 is 1.64 bits per heavy atom. The molecular weight excluding hydrogens is 674 g/mol. The molecule has 0 amide bonds. The van der Waals surface area contributed by atoms with Gasteiger partial charge < -0.3 is 11.1 Å². The van der Waals surface area contributed by atoms with Gasteiger partial charge in [0.2, 0.25) is 5.82 Å². The number of ketones is 2. The molecule has 0 bridgehead atoms. The van der Waals surface area contributed by atoms with Gasteiger partial charge in [-0.2, -0.15) is 5.26 Å². The average molecular weight is 710 g/mol. The third-order valence-electron chi connectivity index (χ3n) is 8.42. The fourth-order valence-corrected chi connectivity index (χ4v) is 5.84. The minimum atomic E-state index is -0.405. The molecule has 1 aliphatic heterocycles. The quantitative estimate of drug-likeness (QED) is 0.174. The minimum Gasteiger partial charge on any atom is -0.383 e. The third kappa shape index (κ3) is 9.15. The monoisotopic (exact) mass is 709 g/mol. The first-order chi connectivity index (χ1) is 25.7. The van der Waals surface area contributed by atoms with E-state index in [9.17, 15) is 14.0 Å². The maximum atomic E-state index is 13.5. The van der Waals surface area contributed by atoms with Gasteiger partial charge in [-0.3, -0.25) is 24.0 Å². The molecule has 0 radical (unpaired) electrons. The number of benzene rings is 1. The van der Waals surface area contributed by atoms with Crippen LogP contribution in [-0.2, 0) is 16.1 Å². The number of allylic oxidation sites excluding steroid dienone is 2. The van der Waals surface area contributed by atoms with E-state index in [0.717, 1.165) is 38.2 Å². The van der Waals surface area contributed by atoms with Crippen LogP contribution >= 0.6 is 0 Å². The van der Waals surface area contributed by atoms with E-state index in [0.29, 0.717) is 51.6 Å². The number of piperidine rings is 1. The summed E-state index contributed by atoms with van der Waals surface area (Å²) in [5, 5.41) is 12.5. The second-order valence-corrected chi connectivity index (χ2v) is 12.4.